The molecule has 1 atom stereocenters. The van der Waals surface area contributed by atoms with Crippen molar-refractivity contribution in [3.63, 3.8) is 0 Å². The van der Waals surface area contributed by atoms with Crippen LogP contribution in [0.1, 0.15) is 5.56 Å². The molecule has 0 unspecified atom stereocenters. The van der Waals surface area contributed by atoms with E-state index in [0.717, 1.165) is 11.3 Å². The predicted molar refractivity (Wildman–Crippen MR) is 88.9 cm³/mol. The lowest BCUT2D eigenvalue weighted by Gasteiger charge is -2.35. The molecule has 0 saturated carbocycles. The summed E-state index contributed by atoms with van der Waals surface area (Å²) in [5.74, 6) is 0.269. The third-order valence-corrected chi connectivity index (χ3v) is 3.99. The van der Waals surface area contributed by atoms with Crippen molar-refractivity contribution in [3.8, 4) is 11.5 Å². The van der Waals surface area contributed by atoms with Crippen molar-refractivity contribution in [2.45, 2.75) is 12.6 Å². The molecular formula is C18H19FN2O3. The average molecular weight is 330 g/mol. The van der Waals surface area contributed by atoms with Crippen LogP contribution < -0.4 is 19.7 Å². The Morgan fingerprint density at radius 1 is 1.38 bits per heavy atom. The number of hydrogen-bond acceptors (Lipinski definition) is 4. The predicted octanol–water partition coefficient (Wildman–Crippen LogP) is 2.35. The fraction of sp³-hybridized carbons (Fsp3) is 0.278. The molecule has 1 amide bonds. The summed E-state index contributed by atoms with van der Waals surface area (Å²) in [6.45, 7) is 0.860. The zero-order valence-electron chi connectivity index (χ0n) is 13.6. The molecule has 0 radical (unpaired) electrons. The van der Waals surface area contributed by atoms with Crippen LogP contribution in [0.25, 0.3) is 0 Å². The maximum atomic E-state index is 13.9. The van der Waals surface area contributed by atoms with Gasteiger partial charge in [-0.1, -0.05) is 18.2 Å². The quantitative estimate of drug-likeness (QED) is 0.935. The second-order valence-electron chi connectivity index (χ2n) is 5.54. The van der Waals surface area contributed by atoms with Crippen LogP contribution in [0.15, 0.2) is 42.5 Å². The number of rotatable bonds is 4. The number of para-hydroxylation sites is 2. The van der Waals surface area contributed by atoms with Crippen LogP contribution in [0.5, 0.6) is 11.5 Å². The number of benzene rings is 2. The molecular weight excluding hydrogens is 311 g/mol. The van der Waals surface area contributed by atoms with Gasteiger partial charge in [-0.2, -0.15) is 0 Å². The van der Waals surface area contributed by atoms with Crippen LogP contribution in [0, 0.1) is 5.82 Å². The lowest BCUT2D eigenvalue weighted by atomic mass is 10.1. The van der Waals surface area contributed by atoms with Crippen LogP contribution in [0.2, 0.25) is 0 Å². The molecule has 6 heteroatoms. The number of nitrogens with zero attached hydrogens (tertiary/aromatic N) is 1. The number of carbonyl (C=O) groups is 1. The van der Waals surface area contributed by atoms with Crippen molar-refractivity contribution in [1.29, 1.82) is 0 Å². The fourth-order valence-corrected chi connectivity index (χ4v) is 2.78. The SMILES string of the molecule is CNC(=O)[C@H]1CN(Cc2ccc(OC)c(F)c2)c2ccccc2O1. The molecule has 3 rings (SSSR count). The van der Waals surface area contributed by atoms with E-state index in [1.807, 2.05) is 35.2 Å². The van der Waals surface area contributed by atoms with Gasteiger partial charge in [-0.15, -0.1) is 0 Å². The summed E-state index contributed by atoms with van der Waals surface area (Å²) < 4.78 is 24.6. The highest BCUT2D eigenvalue weighted by molar-refractivity contribution is 5.83. The van der Waals surface area contributed by atoms with Crippen LogP contribution in [-0.4, -0.2) is 32.7 Å². The van der Waals surface area contributed by atoms with Gasteiger partial charge in [-0.05, 0) is 29.8 Å². The zero-order valence-corrected chi connectivity index (χ0v) is 13.6. The number of nitrogens with one attached hydrogen (secondary N) is 1. The van der Waals surface area contributed by atoms with Gasteiger partial charge in [-0.25, -0.2) is 4.39 Å². The molecule has 0 bridgehead atoms. The van der Waals surface area contributed by atoms with Gasteiger partial charge in [0.05, 0.1) is 19.3 Å². The third-order valence-electron chi connectivity index (χ3n) is 3.99. The molecule has 0 saturated heterocycles. The maximum absolute atomic E-state index is 13.9. The maximum Gasteiger partial charge on any atom is 0.262 e. The minimum atomic E-state index is -0.604. The van der Waals surface area contributed by atoms with Crippen LogP contribution in [-0.2, 0) is 11.3 Å². The fourth-order valence-electron chi connectivity index (χ4n) is 2.78. The molecule has 1 heterocycles. The van der Waals surface area contributed by atoms with E-state index in [4.69, 9.17) is 9.47 Å². The summed E-state index contributed by atoms with van der Waals surface area (Å²) in [6.07, 6.45) is -0.604. The number of hydrogen-bond donors (Lipinski definition) is 1. The summed E-state index contributed by atoms with van der Waals surface area (Å²) in [6, 6.07) is 12.4. The molecule has 1 N–H and O–H groups in total. The van der Waals surface area contributed by atoms with Crippen molar-refractivity contribution in [1.82, 2.24) is 5.32 Å². The molecule has 5 nitrogen and oxygen atoms in total. The second kappa shape index (κ2) is 6.78. The Kier molecular flexibility index (Phi) is 4.55. The number of ether oxygens (including phenoxy) is 2. The van der Waals surface area contributed by atoms with Crippen LogP contribution >= 0.6 is 0 Å². The summed E-state index contributed by atoms with van der Waals surface area (Å²) >= 11 is 0. The van der Waals surface area contributed by atoms with Crippen molar-refractivity contribution in [3.05, 3.63) is 53.8 Å². The lowest BCUT2D eigenvalue weighted by molar-refractivity contribution is -0.127. The highest BCUT2D eigenvalue weighted by Crippen LogP contribution is 2.34. The van der Waals surface area contributed by atoms with E-state index in [2.05, 4.69) is 5.32 Å². The van der Waals surface area contributed by atoms with Crippen molar-refractivity contribution < 1.29 is 18.7 Å². The van der Waals surface area contributed by atoms with E-state index in [1.165, 1.54) is 13.2 Å². The first-order valence-electron chi connectivity index (χ1n) is 7.67. The highest BCUT2D eigenvalue weighted by Gasteiger charge is 2.30. The topological polar surface area (TPSA) is 50.8 Å². The van der Waals surface area contributed by atoms with E-state index < -0.39 is 11.9 Å². The summed E-state index contributed by atoms with van der Waals surface area (Å²) in [5, 5.41) is 2.61. The highest BCUT2D eigenvalue weighted by atomic mass is 19.1. The van der Waals surface area contributed by atoms with E-state index >= 15 is 0 Å². The largest absolute Gasteiger partial charge is 0.494 e. The van der Waals surface area contributed by atoms with E-state index in [-0.39, 0.29) is 11.7 Å². The van der Waals surface area contributed by atoms with Crippen molar-refractivity contribution in [2.24, 2.45) is 0 Å². The molecule has 2 aromatic carbocycles. The minimum absolute atomic E-state index is 0.185. The number of likely N-dealkylation sites (N-methyl/N-ethyl adjacent to an activating group) is 1. The first-order chi connectivity index (χ1) is 11.6. The van der Waals surface area contributed by atoms with Crippen molar-refractivity contribution >= 4 is 11.6 Å². The van der Waals surface area contributed by atoms with Gasteiger partial charge in [-0.3, -0.25) is 4.79 Å². The Morgan fingerprint density at radius 3 is 2.88 bits per heavy atom. The molecule has 126 valence electrons. The first kappa shape index (κ1) is 16.1. The monoisotopic (exact) mass is 330 g/mol. The van der Waals surface area contributed by atoms with Crippen LogP contribution in [0.4, 0.5) is 10.1 Å². The normalized spacial score (nSPS) is 16.1. The molecule has 0 spiro atoms. The number of amides is 1. The summed E-state index contributed by atoms with van der Waals surface area (Å²) in [4.78, 5) is 14.0. The molecule has 2 aromatic rings. The standard InChI is InChI=1S/C18H19FN2O3/c1-20-18(22)17-11-21(14-5-3-4-6-16(14)24-17)10-12-7-8-15(23-2)13(19)9-12/h3-9,17H,10-11H2,1-2H3,(H,20,22)/t17-/m1/s1. The summed E-state index contributed by atoms with van der Waals surface area (Å²) in [7, 11) is 3.01. The van der Waals surface area contributed by atoms with Gasteiger partial charge in [0, 0.05) is 13.6 Å². The van der Waals surface area contributed by atoms with Gasteiger partial charge in [0.15, 0.2) is 17.7 Å². The second-order valence-corrected chi connectivity index (χ2v) is 5.54. The smallest absolute Gasteiger partial charge is 0.262 e. The zero-order chi connectivity index (χ0) is 17.1. The molecule has 0 aromatic heterocycles. The molecule has 1 aliphatic rings. The van der Waals surface area contributed by atoms with Gasteiger partial charge in [0.25, 0.3) is 5.91 Å². The van der Waals surface area contributed by atoms with Crippen molar-refractivity contribution in [2.75, 3.05) is 25.6 Å². The molecule has 0 fully saturated rings. The van der Waals surface area contributed by atoms with E-state index in [0.29, 0.717) is 18.8 Å². The lowest BCUT2D eigenvalue weighted by Crippen LogP contribution is -2.47. The number of halogens is 1. The van der Waals surface area contributed by atoms with Crippen LogP contribution in [0.3, 0.4) is 0 Å². The van der Waals surface area contributed by atoms with E-state index in [1.54, 1.807) is 13.1 Å². The van der Waals surface area contributed by atoms with Gasteiger partial charge >= 0.3 is 0 Å². The van der Waals surface area contributed by atoms with Gasteiger partial charge < -0.3 is 19.7 Å². The number of methoxy groups -OCH3 is 1. The molecule has 0 aliphatic carbocycles. The molecule has 1 aliphatic heterocycles. The Morgan fingerprint density at radius 2 is 2.17 bits per heavy atom. The Bertz CT molecular complexity index is 751. The minimum Gasteiger partial charge on any atom is -0.494 e. The Balaban J connectivity index is 1.88. The molecule has 24 heavy (non-hydrogen) atoms. The number of anilines is 1. The average Bonchev–Trinajstić information content (AvgIpc) is 2.61. The Labute approximate surface area is 140 Å². The third kappa shape index (κ3) is 3.13. The summed E-state index contributed by atoms with van der Waals surface area (Å²) in [5.41, 5.74) is 1.68. The Hall–Kier alpha value is -2.76. The van der Waals surface area contributed by atoms with Gasteiger partial charge in [0.2, 0.25) is 0 Å². The van der Waals surface area contributed by atoms with E-state index in [9.17, 15) is 9.18 Å². The first-order valence-corrected chi connectivity index (χ1v) is 7.67. The van der Waals surface area contributed by atoms with Gasteiger partial charge in [0.1, 0.15) is 5.75 Å². The number of carbonyl (C=O) groups excluding carboxylic acids is 1. The number of fused-ring (bicyclic) bond motifs is 1.